The third-order valence-electron chi connectivity index (χ3n) is 3.85. The summed E-state index contributed by atoms with van der Waals surface area (Å²) >= 11 is 6.07. The summed E-state index contributed by atoms with van der Waals surface area (Å²) in [5.74, 6) is 0.843. The average molecular weight is 331 g/mol. The normalized spacial score (nSPS) is 18.3. The van der Waals surface area contributed by atoms with Gasteiger partial charge in [-0.15, -0.1) is 11.6 Å². The number of anilines is 1. The van der Waals surface area contributed by atoms with E-state index in [4.69, 9.17) is 25.9 Å². The smallest absolute Gasteiger partial charge is 0.402 e. The standard InChI is InChI=1S/C13H16ClN2O4P/c1-7-5-15-13-10(20-21(17,18)19)3-9-12(11(7)13)8(4-14)6-16(9)2/h3,5,8,15H,4,6H2,1-2H3,(H2,17,18,19). The number of hydrogen-bond acceptors (Lipinski definition) is 3. The first kappa shape index (κ1) is 14.7. The van der Waals surface area contributed by atoms with Gasteiger partial charge in [-0.2, -0.15) is 0 Å². The van der Waals surface area contributed by atoms with E-state index in [0.717, 1.165) is 28.7 Å². The highest BCUT2D eigenvalue weighted by Crippen LogP contribution is 2.49. The second-order valence-corrected chi connectivity index (χ2v) is 6.82. The summed E-state index contributed by atoms with van der Waals surface area (Å²) < 4.78 is 16.0. The van der Waals surface area contributed by atoms with Gasteiger partial charge >= 0.3 is 7.82 Å². The number of nitrogens with zero attached hydrogens (tertiary/aromatic N) is 1. The third kappa shape index (κ3) is 2.42. The topological polar surface area (TPSA) is 85.8 Å². The summed E-state index contributed by atoms with van der Waals surface area (Å²) in [4.78, 5) is 23.2. The number of aryl methyl sites for hydroxylation is 1. The summed E-state index contributed by atoms with van der Waals surface area (Å²) in [5, 5.41) is 0.936. The SMILES string of the molecule is Cc1c[nH]c2c(OP(=O)(O)O)cc3c(c12)C(CCl)CN3C. The molecule has 6 nitrogen and oxygen atoms in total. The van der Waals surface area contributed by atoms with Crippen molar-refractivity contribution in [3.8, 4) is 5.75 Å². The van der Waals surface area contributed by atoms with Crippen LogP contribution >= 0.6 is 19.4 Å². The molecule has 21 heavy (non-hydrogen) atoms. The molecule has 1 aromatic heterocycles. The van der Waals surface area contributed by atoms with E-state index < -0.39 is 7.82 Å². The predicted molar refractivity (Wildman–Crippen MR) is 82.4 cm³/mol. The zero-order chi connectivity index (χ0) is 15.4. The van der Waals surface area contributed by atoms with E-state index >= 15 is 0 Å². The van der Waals surface area contributed by atoms with Crippen LogP contribution in [0.25, 0.3) is 10.9 Å². The zero-order valence-corrected chi connectivity index (χ0v) is 13.3. The summed E-state index contributed by atoms with van der Waals surface area (Å²) in [6, 6.07) is 1.67. The Morgan fingerprint density at radius 3 is 2.90 bits per heavy atom. The third-order valence-corrected chi connectivity index (χ3v) is 4.66. The Bertz CT molecular complexity index is 754. The number of nitrogens with one attached hydrogen (secondary N) is 1. The number of aromatic nitrogens is 1. The Morgan fingerprint density at radius 2 is 2.29 bits per heavy atom. The predicted octanol–water partition coefficient (Wildman–Crippen LogP) is 2.72. The van der Waals surface area contributed by atoms with E-state index in [0.29, 0.717) is 11.4 Å². The van der Waals surface area contributed by atoms with Crippen molar-refractivity contribution >= 4 is 36.0 Å². The second kappa shape index (κ2) is 4.92. The maximum atomic E-state index is 11.2. The number of alkyl halides is 1. The van der Waals surface area contributed by atoms with Gasteiger partial charge in [0.25, 0.3) is 0 Å². The van der Waals surface area contributed by atoms with Gasteiger partial charge in [0.15, 0.2) is 5.75 Å². The maximum absolute atomic E-state index is 11.2. The van der Waals surface area contributed by atoms with Crippen LogP contribution in [0.3, 0.4) is 0 Å². The number of rotatable bonds is 3. The van der Waals surface area contributed by atoms with Crippen LogP contribution in [0.2, 0.25) is 0 Å². The molecule has 0 spiro atoms. The lowest BCUT2D eigenvalue weighted by Gasteiger charge is -2.15. The molecule has 3 N–H and O–H groups in total. The van der Waals surface area contributed by atoms with E-state index in [-0.39, 0.29) is 11.7 Å². The minimum Gasteiger partial charge on any atom is -0.402 e. The Hall–Kier alpha value is -1.20. The van der Waals surface area contributed by atoms with Crippen LogP contribution in [0.5, 0.6) is 5.75 Å². The van der Waals surface area contributed by atoms with Crippen molar-refractivity contribution in [2.45, 2.75) is 12.8 Å². The van der Waals surface area contributed by atoms with Crippen LogP contribution in [-0.4, -0.2) is 34.2 Å². The van der Waals surface area contributed by atoms with Gasteiger partial charge in [-0.3, -0.25) is 9.79 Å². The minimum absolute atomic E-state index is 0.159. The number of phosphoric ester groups is 1. The van der Waals surface area contributed by atoms with E-state index in [2.05, 4.69) is 4.98 Å². The van der Waals surface area contributed by atoms with Crippen LogP contribution in [-0.2, 0) is 4.57 Å². The Labute approximate surface area is 126 Å². The van der Waals surface area contributed by atoms with Crippen molar-refractivity contribution in [2.75, 3.05) is 24.4 Å². The first-order chi connectivity index (χ1) is 9.81. The number of halogens is 1. The molecule has 0 saturated heterocycles. The number of benzene rings is 1. The summed E-state index contributed by atoms with van der Waals surface area (Å²) in [5.41, 5.74) is 3.61. The van der Waals surface area contributed by atoms with Crippen molar-refractivity contribution in [3.63, 3.8) is 0 Å². The van der Waals surface area contributed by atoms with Crippen LogP contribution in [0.1, 0.15) is 17.0 Å². The lowest BCUT2D eigenvalue weighted by Crippen LogP contribution is -2.15. The van der Waals surface area contributed by atoms with Gasteiger partial charge in [-0.25, -0.2) is 4.57 Å². The molecule has 1 atom stereocenters. The highest BCUT2D eigenvalue weighted by Gasteiger charge is 2.32. The van der Waals surface area contributed by atoms with Crippen LogP contribution in [0.4, 0.5) is 5.69 Å². The van der Waals surface area contributed by atoms with Crippen LogP contribution in [0, 0.1) is 6.92 Å². The molecule has 2 aromatic rings. The number of phosphoric acid groups is 1. The molecule has 0 aliphatic carbocycles. The molecular weight excluding hydrogens is 315 g/mol. The van der Waals surface area contributed by atoms with E-state index in [1.807, 2.05) is 18.9 Å². The van der Waals surface area contributed by atoms with Crippen LogP contribution in [0.15, 0.2) is 12.3 Å². The Balaban J connectivity index is 2.30. The number of hydrogen-bond donors (Lipinski definition) is 3. The minimum atomic E-state index is -4.61. The van der Waals surface area contributed by atoms with Gasteiger partial charge in [0.1, 0.15) is 0 Å². The van der Waals surface area contributed by atoms with Gasteiger partial charge in [0.2, 0.25) is 0 Å². The van der Waals surface area contributed by atoms with Crippen LogP contribution < -0.4 is 9.42 Å². The monoisotopic (exact) mass is 330 g/mol. The maximum Gasteiger partial charge on any atom is 0.524 e. The Morgan fingerprint density at radius 1 is 1.57 bits per heavy atom. The number of H-pyrrole nitrogens is 1. The average Bonchev–Trinajstić information content (AvgIpc) is 2.90. The number of aromatic amines is 1. The molecule has 8 heteroatoms. The molecule has 1 aromatic carbocycles. The quantitative estimate of drug-likeness (QED) is 0.595. The van der Waals surface area contributed by atoms with Gasteiger partial charge in [-0.1, -0.05) is 0 Å². The molecule has 0 bridgehead atoms. The molecule has 1 unspecified atom stereocenters. The molecule has 0 amide bonds. The van der Waals surface area contributed by atoms with Crippen molar-refractivity contribution in [3.05, 3.63) is 23.4 Å². The van der Waals surface area contributed by atoms with Crippen molar-refractivity contribution < 1.29 is 18.9 Å². The summed E-state index contributed by atoms with van der Waals surface area (Å²) in [6.07, 6.45) is 1.81. The first-order valence-electron chi connectivity index (χ1n) is 6.48. The molecule has 0 radical (unpaired) electrons. The molecule has 3 rings (SSSR count). The summed E-state index contributed by atoms with van der Waals surface area (Å²) in [6.45, 7) is 2.72. The van der Waals surface area contributed by atoms with Gasteiger partial charge in [0, 0.05) is 48.7 Å². The van der Waals surface area contributed by atoms with Crippen molar-refractivity contribution in [1.29, 1.82) is 0 Å². The zero-order valence-electron chi connectivity index (χ0n) is 11.6. The molecule has 0 saturated carbocycles. The fraction of sp³-hybridized carbons (Fsp3) is 0.385. The van der Waals surface area contributed by atoms with E-state index in [9.17, 15) is 4.57 Å². The highest BCUT2D eigenvalue weighted by molar-refractivity contribution is 7.46. The van der Waals surface area contributed by atoms with Crippen molar-refractivity contribution in [2.24, 2.45) is 0 Å². The van der Waals surface area contributed by atoms with Gasteiger partial charge < -0.3 is 14.4 Å². The highest BCUT2D eigenvalue weighted by atomic mass is 35.5. The molecule has 2 heterocycles. The molecular formula is C13H16ClN2O4P. The fourth-order valence-electron chi connectivity index (χ4n) is 3.04. The number of likely N-dealkylation sites (N-methyl/N-ethyl adjacent to an activating group) is 1. The largest absolute Gasteiger partial charge is 0.524 e. The molecule has 1 aliphatic heterocycles. The fourth-order valence-corrected chi connectivity index (χ4v) is 3.69. The lowest BCUT2D eigenvalue weighted by molar-refractivity contribution is 0.284. The molecule has 1 aliphatic rings. The second-order valence-electron chi connectivity index (χ2n) is 5.34. The van der Waals surface area contributed by atoms with E-state index in [1.165, 1.54) is 0 Å². The summed E-state index contributed by atoms with van der Waals surface area (Å²) in [7, 11) is -2.68. The molecule has 0 fully saturated rings. The lowest BCUT2D eigenvalue weighted by atomic mass is 9.97. The van der Waals surface area contributed by atoms with Gasteiger partial charge in [-0.05, 0) is 18.1 Å². The Kier molecular flexibility index (Phi) is 3.45. The first-order valence-corrected chi connectivity index (χ1v) is 8.55. The van der Waals surface area contributed by atoms with E-state index in [1.54, 1.807) is 12.3 Å². The number of fused-ring (bicyclic) bond motifs is 3. The molecule has 114 valence electrons. The van der Waals surface area contributed by atoms with Gasteiger partial charge in [0.05, 0.1) is 5.52 Å². The van der Waals surface area contributed by atoms with Crippen molar-refractivity contribution in [1.82, 2.24) is 4.98 Å².